The quantitative estimate of drug-likeness (QED) is 0.0274. The number of allylic oxidation sites excluding steroid dienone is 9. The molecule has 0 radical (unpaired) electrons. The van der Waals surface area contributed by atoms with Gasteiger partial charge in [0.2, 0.25) is 5.91 Å². The SMILES string of the molecule is CC/C=C\C/C=C\C/C=C\C/C=C\CCC(=O)NC(COP(=O)([O-])OCC[N+](C)(C)C)C(O)/C=C/CCCCCCCCCCCCCCCCCCCCCCC. The number of nitrogens with one attached hydrogen (secondary N) is 1. The van der Waals surface area contributed by atoms with Gasteiger partial charge in [0.1, 0.15) is 13.2 Å². The number of likely N-dealkylation sites (N-methyl/N-ethyl adjacent to an activating group) is 1. The van der Waals surface area contributed by atoms with E-state index in [1.807, 2.05) is 39.4 Å². The summed E-state index contributed by atoms with van der Waals surface area (Å²) >= 11 is 0. The Bertz CT molecular complexity index is 1130. The van der Waals surface area contributed by atoms with Gasteiger partial charge >= 0.3 is 0 Å². The number of hydrogen-bond acceptors (Lipinski definition) is 6. The number of amides is 1. The zero-order valence-corrected chi connectivity index (χ0v) is 39.1. The van der Waals surface area contributed by atoms with Crippen molar-refractivity contribution in [3.63, 3.8) is 0 Å². The summed E-state index contributed by atoms with van der Waals surface area (Å²) in [5.74, 6) is -0.278. The molecule has 0 spiro atoms. The Balaban J connectivity index is 4.38. The van der Waals surface area contributed by atoms with Crippen LogP contribution < -0.4 is 10.2 Å². The molecule has 8 nitrogen and oxygen atoms in total. The Morgan fingerprint density at radius 1 is 0.621 bits per heavy atom. The average Bonchev–Trinajstić information content (AvgIpc) is 3.17. The Morgan fingerprint density at radius 3 is 1.50 bits per heavy atom. The van der Waals surface area contributed by atoms with Gasteiger partial charge in [-0.15, -0.1) is 0 Å². The van der Waals surface area contributed by atoms with Crippen molar-refractivity contribution in [2.24, 2.45) is 0 Å². The minimum atomic E-state index is -4.61. The van der Waals surface area contributed by atoms with E-state index in [2.05, 4.69) is 55.6 Å². The van der Waals surface area contributed by atoms with E-state index in [1.54, 1.807) is 6.08 Å². The summed E-state index contributed by atoms with van der Waals surface area (Å²) in [6.07, 6.45) is 53.0. The summed E-state index contributed by atoms with van der Waals surface area (Å²) in [5.41, 5.74) is 0. The number of rotatable bonds is 42. The van der Waals surface area contributed by atoms with Crippen LogP contribution in [0.15, 0.2) is 60.8 Å². The van der Waals surface area contributed by atoms with Gasteiger partial charge in [-0.05, 0) is 44.9 Å². The van der Waals surface area contributed by atoms with Crippen molar-refractivity contribution in [2.45, 2.75) is 206 Å². The molecule has 3 atom stereocenters. The Kier molecular flexibility index (Phi) is 39.3. The molecule has 0 fully saturated rings. The largest absolute Gasteiger partial charge is 0.756 e. The standard InChI is InChI=1S/C49H91N2O6P/c1-6-8-10-12-14-16-18-20-21-22-23-24-25-26-27-28-29-31-32-34-36-38-40-42-48(52)47(46-57-58(54,55)56-45-44-51(3,4)5)50-49(53)43-41-39-37-35-33-30-19-17-15-13-11-9-7-2/h9,11,15,17,30,33,37,39-40,42,47-48,52H,6-8,10,12-14,16,18-29,31-32,34-36,38,41,43-46H2,1-5H3,(H-,50,53,54,55)/b11-9-,17-15-,33-30-,39-37-,42-40+. The van der Waals surface area contributed by atoms with Gasteiger partial charge < -0.3 is 28.8 Å². The lowest BCUT2D eigenvalue weighted by Gasteiger charge is -2.29. The molecule has 0 aliphatic rings. The second kappa shape index (κ2) is 40.6. The van der Waals surface area contributed by atoms with Gasteiger partial charge in [-0.25, -0.2) is 0 Å². The van der Waals surface area contributed by atoms with Crippen LogP contribution in [0.25, 0.3) is 0 Å². The van der Waals surface area contributed by atoms with Crippen LogP contribution in [0.4, 0.5) is 0 Å². The number of phosphoric acid groups is 1. The minimum absolute atomic E-state index is 0.0157. The highest BCUT2D eigenvalue weighted by molar-refractivity contribution is 7.45. The van der Waals surface area contributed by atoms with Crippen LogP contribution in [0.1, 0.15) is 194 Å². The van der Waals surface area contributed by atoms with E-state index in [-0.39, 0.29) is 18.9 Å². The summed E-state index contributed by atoms with van der Waals surface area (Å²) in [6.45, 7) is 4.47. The van der Waals surface area contributed by atoms with Crippen molar-refractivity contribution in [1.82, 2.24) is 5.32 Å². The zero-order valence-electron chi connectivity index (χ0n) is 38.2. The maximum Gasteiger partial charge on any atom is 0.268 e. The number of phosphoric ester groups is 1. The van der Waals surface area contributed by atoms with Gasteiger partial charge in [-0.3, -0.25) is 9.36 Å². The summed E-state index contributed by atoms with van der Waals surface area (Å²) < 4.78 is 23.2. The maximum absolute atomic E-state index is 12.8. The van der Waals surface area contributed by atoms with Crippen molar-refractivity contribution < 1.29 is 32.9 Å². The van der Waals surface area contributed by atoms with E-state index in [0.29, 0.717) is 17.4 Å². The summed E-state index contributed by atoms with van der Waals surface area (Å²) in [7, 11) is 1.21. The molecule has 3 unspecified atom stereocenters. The first-order valence-corrected chi connectivity index (χ1v) is 25.1. The van der Waals surface area contributed by atoms with Gasteiger partial charge in [0.05, 0.1) is 39.9 Å². The number of quaternary nitrogens is 1. The predicted molar refractivity (Wildman–Crippen MR) is 247 cm³/mol. The number of aliphatic hydroxyl groups excluding tert-OH is 1. The molecule has 0 aliphatic heterocycles. The van der Waals surface area contributed by atoms with Gasteiger partial charge in [-0.2, -0.15) is 0 Å². The lowest BCUT2D eigenvalue weighted by atomic mass is 10.0. The van der Waals surface area contributed by atoms with Crippen LogP contribution in [-0.2, 0) is 18.4 Å². The Labute approximate surface area is 358 Å². The molecular formula is C49H91N2O6P. The van der Waals surface area contributed by atoms with Crippen molar-refractivity contribution in [2.75, 3.05) is 40.9 Å². The average molecular weight is 835 g/mol. The molecule has 0 saturated heterocycles. The van der Waals surface area contributed by atoms with Crippen molar-refractivity contribution >= 4 is 13.7 Å². The number of nitrogens with zero attached hydrogens (tertiary/aromatic N) is 1. The smallest absolute Gasteiger partial charge is 0.268 e. The van der Waals surface area contributed by atoms with Crippen molar-refractivity contribution in [3.8, 4) is 0 Å². The normalized spacial score (nSPS) is 14.8. The lowest BCUT2D eigenvalue weighted by Crippen LogP contribution is -2.45. The Hall–Kier alpha value is -1.80. The zero-order chi connectivity index (χ0) is 42.8. The van der Waals surface area contributed by atoms with E-state index in [1.165, 1.54) is 122 Å². The number of hydrogen-bond donors (Lipinski definition) is 2. The van der Waals surface area contributed by atoms with Gasteiger partial charge in [0.15, 0.2) is 0 Å². The van der Waals surface area contributed by atoms with Gasteiger partial charge in [0.25, 0.3) is 7.82 Å². The number of aliphatic hydroxyl groups is 1. The molecular weight excluding hydrogens is 744 g/mol. The van der Waals surface area contributed by atoms with Crippen LogP contribution in [0.2, 0.25) is 0 Å². The van der Waals surface area contributed by atoms with Crippen molar-refractivity contribution in [1.29, 1.82) is 0 Å². The first kappa shape index (κ1) is 56.2. The molecule has 0 bridgehead atoms. The fraction of sp³-hybridized carbons (Fsp3) is 0.776. The van der Waals surface area contributed by atoms with E-state index in [0.717, 1.165) is 44.9 Å². The highest BCUT2D eigenvalue weighted by Gasteiger charge is 2.23. The van der Waals surface area contributed by atoms with E-state index < -0.39 is 26.6 Å². The fourth-order valence-electron chi connectivity index (χ4n) is 6.52. The van der Waals surface area contributed by atoms with Crippen LogP contribution >= 0.6 is 7.82 Å². The second-order valence-corrected chi connectivity index (χ2v) is 18.5. The first-order valence-electron chi connectivity index (χ1n) is 23.7. The second-order valence-electron chi connectivity index (χ2n) is 17.1. The fourth-order valence-corrected chi connectivity index (χ4v) is 7.24. The van der Waals surface area contributed by atoms with Crippen LogP contribution in [0.5, 0.6) is 0 Å². The molecule has 0 rings (SSSR count). The monoisotopic (exact) mass is 835 g/mol. The van der Waals surface area contributed by atoms with Crippen LogP contribution in [0, 0.1) is 0 Å². The third kappa shape index (κ3) is 42.3. The summed E-state index contributed by atoms with van der Waals surface area (Å²) in [5, 5.41) is 13.7. The summed E-state index contributed by atoms with van der Waals surface area (Å²) in [4.78, 5) is 25.2. The van der Waals surface area contributed by atoms with Crippen molar-refractivity contribution in [3.05, 3.63) is 60.8 Å². The van der Waals surface area contributed by atoms with Gasteiger partial charge in [-0.1, -0.05) is 203 Å². The van der Waals surface area contributed by atoms with Crippen LogP contribution in [0.3, 0.4) is 0 Å². The number of carbonyl (C=O) groups is 1. The van der Waals surface area contributed by atoms with E-state index in [9.17, 15) is 19.4 Å². The molecule has 0 aromatic carbocycles. The highest BCUT2D eigenvalue weighted by atomic mass is 31.2. The molecule has 58 heavy (non-hydrogen) atoms. The molecule has 1 amide bonds. The first-order chi connectivity index (χ1) is 28.0. The van der Waals surface area contributed by atoms with Crippen LogP contribution in [-0.4, -0.2) is 68.5 Å². The van der Waals surface area contributed by atoms with Gasteiger partial charge in [0, 0.05) is 6.42 Å². The predicted octanol–water partition coefficient (Wildman–Crippen LogP) is 12.8. The maximum atomic E-state index is 12.8. The number of carbonyl (C=O) groups excluding carboxylic acids is 1. The molecule has 2 N–H and O–H groups in total. The lowest BCUT2D eigenvalue weighted by molar-refractivity contribution is -0.870. The highest BCUT2D eigenvalue weighted by Crippen LogP contribution is 2.38. The molecule has 0 aromatic heterocycles. The molecule has 338 valence electrons. The van der Waals surface area contributed by atoms with E-state index >= 15 is 0 Å². The molecule has 0 heterocycles. The third-order valence-electron chi connectivity index (χ3n) is 10.2. The van der Waals surface area contributed by atoms with E-state index in [4.69, 9.17) is 9.05 Å². The Morgan fingerprint density at radius 2 is 1.05 bits per heavy atom. The minimum Gasteiger partial charge on any atom is -0.756 e. The summed E-state index contributed by atoms with van der Waals surface area (Å²) in [6, 6.07) is -0.926. The number of unbranched alkanes of at least 4 members (excludes halogenated alkanes) is 21. The molecule has 0 aliphatic carbocycles. The molecule has 9 heteroatoms. The third-order valence-corrected chi connectivity index (χ3v) is 11.2. The molecule has 0 aromatic rings. The topological polar surface area (TPSA) is 108 Å². The molecule has 0 saturated carbocycles.